The molecular weight excluding hydrogens is 335 g/mol. The second-order valence-corrected chi connectivity index (χ2v) is 7.14. The maximum Gasteiger partial charge on any atom is 1.00 e. The zero-order valence-corrected chi connectivity index (χ0v) is 18.2. The summed E-state index contributed by atoms with van der Waals surface area (Å²) in [5.74, 6) is 0. The molecule has 0 unspecified atom stereocenters. The number of unbranched alkanes of at least 4 members (excludes halogenated alkanes) is 2. The molecule has 120 valence electrons. The third kappa shape index (κ3) is 5.63. The monoisotopic (exact) mass is 358 g/mol. The molecule has 0 aromatic heterocycles. The van der Waals surface area contributed by atoms with Gasteiger partial charge in [-0.2, -0.15) is 0 Å². The molecule has 0 spiro atoms. The second kappa shape index (κ2) is 9.66. The van der Waals surface area contributed by atoms with Crippen LogP contribution in [0.25, 0.3) is 10.8 Å². The van der Waals surface area contributed by atoms with Crippen molar-refractivity contribution in [3.63, 3.8) is 0 Å². The normalized spacial score (nSPS) is 11.4. The molecule has 0 N–H and O–H groups in total. The standard InChI is InChI=1S/C18H24O3S.K/c1-3-5-8-14-10-7-11-16-13-17(22(19,20)21)12-15(18(14)16)9-6-4-2;/h7,10-13H,3-6,8-9H2,1-2H3,(H,19,20,21);/q;+1/p-1. The molecular formula is C18H23KO3S. The summed E-state index contributed by atoms with van der Waals surface area (Å²) in [4.78, 5) is -0.112. The Kier molecular flexibility index (Phi) is 8.94. The topological polar surface area (TPSA) is 57.2 Å². The van der Waals surface area contributed by atoms with Crippen molar-refractivity contribution in [3.05, 3.63) is 41.5 Å². The van der Waals surface area contributed by atoms with Crippen LogP contribution in [0, 0.1) is 0 Å². The zero-order chi connectivity index (χ0) is 16.2. The van der Waals surface area contributed by atoms with Gasteiger partial charge in [0, 0.05) is 0 Å². The summed E-state index contributed by atoms with van der Waals surface area (Å²) in [5.41, 5.74) is 2.24. The Bertz CT molecular complexity index is 754. The van der Waals surface area contributed by atoms with Crippen LogP contribution in [0.3, 0.4) is 0 Å². The first kappa shape index (κ1) is 21.3. The van der Waals surface area contributed by atoms with E-state index in [-0.39, 0.29) is 56.3 Å². The molecule has 0 bridgehead atoms. The van der Waals surface area contributed by atoms with E-state index in [1.807, 2.05) is 12.1 Å². The zero-order valence-electron chi connectivity index (χ0n) is 14.3. The Morgan fingerprint density at radius 1 is 0.957 bits per heavy atom. The Hall–Kier alpha value is 0.246. The fourth-order valence-corrected chi connectivity index (χ4v) is 3.41. The summed E-state index contributed by atoms with van der Waals surface area (Å²) in [6, 6.07) is 9.05. The van der Waals surface area contributed by atoms with E-state index in [0.29, 0.717) is 0 Å². The summed E-state index contributed by atoms with van der Waals surface area (Å²) in [6.07, 6.45) is 6.03. The quantitative estimate of drug-likeness (QED) is 0.556. The van der Waals surface area contributed by atoms with Gasteiger partial charge in [-0.3, -0.25) is 0 Å². The van der Waals surface area contributed by atoms with E-state index >= 15 is 0 Å². The number of hydrogen-bond acceptors (Lipinski definition) is 3. The van der Waals surface area contributed by atoms with Crippen LogP contribution in [-0.2, 0) is 23.0 Å². The van der Waals surface area contributed by atoms with Crippen LogP contribution in [0.4, 0.5) is 0 Å². The number of aryl methyl sites for hydroxylation is 2. The van der Waals surface area contributed by atoms with Gasteiger partial charge in [0.05, 0.1) is 4.90 Å². The van der Waals surface area contributed by atoms with Gasteiger partial charge < -0.3 is 4.55 Å². The number of hydrogen-bond donors (Lipinski definition) is 0. The van der Waals surface area contributed by atoms with Crippen molar-refractivity contribution in [1.29, 1.82) is 0 Å². The van der Waals surface area contributed by atoms with Crippen LogP contribution < -0.4 is 51.4 Å². The molecule has 2 rings (SSSR count). The van der Waals surface area contributed by atoms with E-state index in [0.717, 1.165) is 54.9 Å². The van der Waals surface area contributed by atoms with Crippen LogP contribution in [-0.4, -0.2) is 13.0 Å². The average Bonchev–Trinajstić information content (AvgIpc) is 2.49. The molecule has 2 aromatic rings. The van der Waals surface area contributed by atoms with Crippen LogP contribution in [0.5, 0.6) is 0 Å². The summed E-state index contributed by atoms with van der Waals surface area (Å²) >= 11 is 0. The third-order valence-corrected chi connectivity index (χ3v) is 4.82. The molecule has 0 radical (unpaired) electrons. The van der Waals surface area contributed by atoms with Crippen LogP contribution >= 0.6 is 0 Å². The van der Waals surface area contributed by atoms with Gasteiger partial charge in [-0.25, -0.2) is 8.42 Å². The molecule has 0 saturated carbocycles. The molecule has 2 aromatic carbocycles. The van der Waals surface area contributed by atoms with Crippen molar-refractivity contribution < 1.29 is 64.4 Å². The summed E-state index contributed by atoms with van der Waals surface area (Å²) in [7, 11) is -4.42. The van der Waals surface area contributed by atoms with Crippen LogP contribution in [0.15, 0.2) is 35.2 Å². The number of rotatable bonds is 7. The Morgan fingerprint density at radius 2 is 1.57 bits per heavy atom. The van der Waals surface area contributed by atoms with Crippen molar-refractivity contribution in [2.75, 3.05) is 0 Å². The molecule has 0 aliphatic heterocycles. The van der Waals surface area contributed by atoms with Crippen LogP contribution in [0.1, 0.15) is 50.7 Å². The maximum atomic E-state index is 11.4. The summed E-state index contributed by atoms with van der Waals surface area (Å²) in [6.45, 7) is 4.26. The largest absolute Gasteiger partial charge is 1.00 e. The first-order valence-electron chi connectivity index (χ1n) is 7.97. The molecule has 0 amide bonds. The SMILES string of the molecule is CCCCc1cccc2cc(S(=O)(=O)[O-])cc(CCCC)c12.[K+]. The molecule has 0 aliphatic rings. The van der Waals surface area contributed by atoms with Gasteiger partial charge >= 0.3 is 51.4 Å². The molecule has 5 heteroatoms. The Balaban J connectivity index is 0.00000264. The number of benzene rings is 2. The first-order chi connectivity index (χ1) is 10.5. The second-order valence-electron chi connectivity index (χ2n) is 5.76. The van der Waals surface area contributed by atoms with E-state index in [4.69, 9.17) is 0 Å². The van der Waals surface area contributed by atoms with Crippen molar-refractivity contribution in [3.8, 4) is 0 Å². The van der Waals surface area contributed by atoms with Gasteiger partial charge in [-0.15, -0.1) is 0 Å². The molecule has 0 aliphatic carbocycles. The van der Waals surface area contributed by atoms with E-state index in [9.17, 15) is 13.0 Å². The summed E-state index contributed by atoms with van der Waals surface area (Å²) < 4.78 is 34.2. The molecule has 0 atom stereocenters. The predicted molar refractivity (Wildman–Crippen MR) is 89.1 cm³/mol. The third-order valence-electron chi connectivity index (χ3n) is 4.01. The van der Waals surface area contributed by atoms with E-state index in [1.165, 1.54) is 11.6 Å². The van der Waals surface area contributed by atoms with Gasteiger partial charge in [0.1, 0.15) is 10.1 Å². The molecule has 0 fully saturated rings. The van der Waals surface area contributed by atoms with Gasteiger partial charge in [0.2, 0.25) is 0 Å². The van der Waals surface area contributed by atoms with E-state index in [2.05, 4.69) is 19.9 Å². The van der Waals surface area contributed by atoms with Gasteiger partial charge in [0.15, 0.2) is 0 Å². The fraction of sp³-hybridized carbons (Fsp3) is 0.444. The van der Waals surface area contributed by atoms with Crippen molar-refractivity contribution >= 4 is 20.9 Å². The minimum absolute atomic E-state index is 0. The molecule has 3 nitrogen and oxygen atoms in total. The van der Waals surface area contributed by atoms with E-state index < -0.39 is 10.1 Å². The minimum atomic E-state index is -4.42. The predicted octanol–water partition coefficient (Wildman–Crippen LogP) is 1.43. The van der Waals surface area contributed by atoms with Crippen molar-refractivity contribution in [2.45, 2.75) is 57.3 Å². The first-order valence-corrected chi connectivity index (χ1v) is 9.38. The molecule has 0 heterocycles. The number of fused-ring (bicyclic) bond motifs is 1. The van der Waals surface area contributed by atoms with Crippen molar-refractivity contribution in [1.82, 2.24) is 0 Å². The van der Waals surface area contributed by atoms with Gasteiger partial charge in [-0.05, 0) is 59.7 Å². The molecule has 23 heavy (non-hydrogen) atoms. The maximum absolute atomic E-state index is 11.4. The smallest absolute Gasteiger partial charge is 0.744 e. The Labute approximate surface area is 182 Å². The van der Waals surface area contributed by atoms with E-state index in [1.54, 1.807) is 6.07 Å². The van der Waals surface area contributed by atoms with Crippen LogP contribution in [0.2, 0.25) is 0 Å². The molecule has 0 saturated heterocycles. The van der Waals surface area contributed by atoms with Gasteiger partial charge in [-0.1, -0.05) is 44.9 Å². The average molecular weight is 359 g/mol. The summed E-state index contributed by atoms with van der Waals surface area (Å²) in [5, 5.41) is 1.99. The minimum Gasteiger partial charge on any atom is -0.744 e. The Morgan fingerprint density at radius 3 is 2.13 bits per heavy atom. The van der Waals surface area contributed by atoms with Crippen molar-refractivity contribution in [2.24, 2.45) is 0 Å². The van der Waals surface area contributed by atoms with Gasteiger partial charge in [0.25, 0.3) is 0 Å². The fourth-order valence-electron chi connectivity index (χ4n) is 2.86.